The molecule has 2 heterocycles. The number of fused-ring (bicyclic) bond motifs is 4. The number of aliphatic hydroxyl groups excluding tert-OH is 2. The van der Waals surface area contributed by atoms with Gasteiger partial charge in [0.05, 0.1) is 47.0 Å². The molecule has 0 fully saturated rings. The average Bonchev–Trinajstić information content (AvgIpc) is 3.77. The molecule has 1 aromatic heterocycles. The van der Waals surface area contributed by atoms with E-state index < -0.39 is 36.0 Å². The number of para-hydroxylation sites is 1. The number of aldehydes is 1. The molecule has 0 radical (unpaired) electrons. The van der Waals surface area contributed by atoms with Gasteiger partial charge in [-0.25, -0.2) is 0 Å². The third-order valence-electron chi connectivity index (χ3n) is 9.08. The Labute approximate surface area is 287 Å². The Balaban J connectivity index is 1.47. The van der Waals surface area contributed by atoms with Crippen molar-refractivity contribution in [2.45, 2.75) is 30.6 Å². The van der Waals surface area contributed by atoms with Crippen molar-refractivity contribution < 1.29 is 52.7 Å². The molecule has 6 rings (SSSR count). The van der Waals surface area contributed by atoms with E-state index in [1.165, 1.54) is 25.2 Å². The van der Waals surface area contributed by atoms with Crippen LogP contribution in [0.25, 0.3) is 11.0 Å². The van der Waals surface area contributed by atoms with Crippen molar-refractivity contribution in [1.82, 2.24) is 10.2 Å². The number of hydrogen-bond donors (Lipinski definition) is 3. The summed E-state index contributed by atoms with van der Waals surface area (Å²) in [4.78, 5) is 41.6. The van der Waals surface area contributed by atoms with Crippen LogP contribution in [0.15, 0.2) is 70.7 Å². The van der Waals surface area contributed by atoms with Gasteiger partial charge in [-0.1, -0.05) is 12.1 Å². The molecule has 262 valence electrons. The summed E-state index contributed by atoms with van der Waals surface area (Å²) in [6.45, 7) is -0.299. The highest BCUT2D eigenvalue weighted by Crippen LogP contribution is 2.51. The molecule has 50 heavy (non-hydrogen) atoms. The van der Waals surface area contributed by atoms with Crippen LogP contribution in [0, 0.1) is 0 Å². The fraction of sp³-hybridized carbons (Fsp3) is 0.324. The van der Waals surface area contributed by atoms with Crippen LogP contribution >= 0.6 is 0 Å². The Morgan fingerprint density at radius 2 is 1.74 bits per heavy atom. The second kappa shape index (κ2) is 14.5. The van der Waals surface area contributed by atoms with Gasteiger partial charge in [0.2, 0.25) is 5.91 Å². The molecule has 0 spiro atoms. The third kappa shape index (κ3) is 6.21. The van der Waals surface area contributed by atoms with Crippen molar-refractivity contribution >= 4 is 29.1 Å². The lowest BCUT2D eigenvalue weighted by molar-refractivity contribution is -0.118. The lowest BCUT2D eigenvalue weighted by atomic mass is 9.77. The number of methoxy groups -OCH3 is 4. The predicted octanol–water partition coefficient (Wildman–Crippen LogP) is 3.29. The maximum Gasteiger partial charge on any atom is 0.290 e. The monoisotopic (exact) mass is 686 g/mol. The fourth-order valence-corrected chi connectivity index (χ4v) is 6.71. The predicted molar refractivity (Wildman–Crippen MR) is 181 cm³/mol. The summed E-state index contributed by atoms with van der Waals surface area (Å²) in [7, 11) is 6.02. The standard InChI is InChI=1S/C37H38N2O11/c1-45-23-8-9-27(46-2)21(16-23)10-12-39(37(44)30-17-22-6-5-7-28(47-3)33(22)49-30)26-18-25(36(43)38-11-13-40)31-24-14-20(19-41)15-29(48-4)34(24)50-35(31)32(26)42/h5-9,14-19,26,31-32,35,40,42H,10-13H2,1-4H3,(H,38,43). The van der Waals surface area contributed by atoms with E-state index in [-0.39, 0.29) is 48.9 Å². The Morgan fingerprint density at radius 1 is 0.960 bits per heavy atom. The topological polar surface area (TPSA) is 166 Å². The van der Waals surface area contributed by atoms with Crippen molar-refractivity contribution in [3.05, 3.63) is 88.7 Å². The summed E-state index contributed by atoms with van der Waals surface area (Å²) in [5, 5.41) is 24.9. The van der Waals surface area contributed by atoms with Crippen molar-refractivity contribution in [3.8, 4) is 28.7 Å². The first-order chi connectivity index (χ1) is 24.3. The molecule has 4 aromatic rings. The fourth-order valence-electron chi connectivity index (χ4n) is 6.71. The lowest BCUT2D eigenvalue weighted by Gasteiger charge is -2.40. The zero-order chi connectivity index (χ0) is 35.5. The van der Waals surface area contributed by atoms with Crippen LogP contribution in [0.1, 0.15) is 38.0 Å². The molecule has 13 nitrogen and oxygen atoms in total. The van der Waals surface area contributed by atoms with Gasteiger partial charge in [-0.15, -0.1) is 0 Å². The van der Waals surface area contributed by atoms with Crippen LogP contribution in [-0.2, 0) is 11.2 Å². The van der Waals surface area contributed by atoms with Gasteiger partial charge >= 0.3 is 0 Å². The number of nitrogens with zero attached hydrogens (tertiary/aromatic N) is 1. The zero-order valence-corrected chi connectivity index (χ0v) is 28.0. The average molecular weight is 687 g/mol. The summed E-state index contributed by atoms with van der Waals surface area (Å²) in [6, 6.07) is 14.2. The molecular weight excluding hydrogens is 648 g/mol. The molecule has 4 unspecified atom stereocenters. The van der Waals surface area contributed by atoms with Crippen LogP contribution in [0.4, 0.5) is 0 Å². The van der Waals surface area contributed by atoms with Gasteiger partial charge in [-0.2, -0.15) is 0 Å². The van der Waals surface area contributed by atoms with E-state index in [4.69, 9.17) is 28.1 Å². The van der Waals surface area contributed by atoms with Crippen molar-refractivity contribution in [2.24, 2.45) is 0 Å². The van der Waals surface area contributed by atoms with Crippen LogP contribution < -0.4 is 29.0 Å². The number of ether oxygens (including phenoxy) is 5. The van der Waals surface area contributed by atoms with Crippen LogP contribution in [0.2, 0.25) is 0 Å². The maximum atomic E-state index is 14.6. The number of nitrogens with one attached hydrogen (secondary N) is 1. The van der Waals surface area contributed by atoms with Gasteiger partial charge in [0.25, 0.3) is 5.91 Å². The number of hydrogen-bond acceptors (Lipinski definition) is 11. The molecule has 2 aliphatic rings. The SMILES string of the molecule is COc1ccc(OC)c(CCN(C(=O)c2cc3cccc(OC)c3o2)C2C=C(C(=O)NCCO)C3c4cc(C=O)cc(OC)c4OC3C2O)c1. The molecule has 0 saturated heterocycles. The minimum Gasteiger partial charge on any atom is -0.497 e. The summed E-state index contributed by atoms with van der Waals surface area (Å²) in [5.41, 5.74) is 2.07. The molecule has 0 saturated carbocycles. The number of benzene rings is 3. The smallest absolute Gasteiger partial charge is 0.290 e. The third-order valence-corrected chi connectivity index (χ3v) is 9.08. The lowest BCUT2D eigenvalue weighted by Crippen LogP contribution is -2.56. The molecule has 13 heteroatoms. The quantitative estimate of drug-likeness (QED) is 0.177. The molecule has 3 aromatic carbocycles. The highest BCUT2D eigenvalue weighted by Gasteiger charge is 2.51. The zero-order valence-electron chi connectivity index (χ0n) is 28.0. The normalized spacial score (nSPS) is 19.0. The van der Waals surface area contributed by atoms with E-state index in [2.05, 4.69) is 5.32 Å². The van der Waals surface area contributed by atoms with Gasteiger partial charge in [0, 0.05) is 35.2 Å². The van der Waals surface area contributed by atoms with Gasteiger partial charge < -0.3 is 48.5 Å². The highest BCUT2D eigenvalue weighted by molar-refractivity contribution is 5.99. The van der Waals surface area contributed by atoms with Gasteiger partial charge in [-0.3, -0.25) is 14.4 Å². The van der Waals surface area contributed by atoms with Gasteiger partial charge in [0.1, 0.15) is 30.0 Å². The Bertz CT molecular complexity index is 1950. The number of aliphatic hydroxyl groups is 2. The summed E-state index contributed by atoms with van der Waals surface area (Å²) in [5.74, 6) is 0.208. The van der Waals surface area contributed by atoms with Crippen LogP contribution in [0.5, 0.6) is 28.7 Å². The molecule has 0 bridgehead atoms. The summed E-state index contributed by atoms with van der Waals surface area (Å²) >= 11 is 0. The Morgan fingerprint density at radius 3 is 2.44 bits per heavy atom. The Kier molecular flexibility index (Phi) is 9.98. The largest absolute Gasteiger partial charge is 0.497 e. The number of carbonyl (C=O) groups excluding carboxylic acids is 3. The molecule has 4 atom stereocenters. The minimum absolute atomic E-state index is 0.0102. The van der Waals surface area contributed by atoms with E-state index >= 15 is 0 Å². The Hall–Kier alpha value is -5.53. The number of amides is 2. The first-order valence-corrected chi connectivity index (χ1v) is 16.0. The van der Waals surface area contributed by atoms with E-state index in [1.807, 2.05) is 0 Å². The van der Waals surface area contributed by atoms with Crippen molar-refractivity contribution in [1.29, 1.82) is 0 Å². The van der Waals surface area contributed by atoms with E-state index in [9.17, 15) is 24.6 Å². The summed E-state index contributed by atoms with van der Waals surface area (Å²) < 4.78 is 34.4. The van der Waals surface area contributed by atoms with Crippen LogP contribution in [0.3, 0.4) is 0 Å². The van der Waals surface area contributed by atoms with E-state index in [0.717, 1.165) is 5.56 Å². The highest BCUT2D eigenvalue weighted by atomic mass is 16.5. The van der Waals surface area contributed by atoms with Gasteiger partial charge in [-0.05, 0) is 60.5 Å². The number of furan rings is 1. The molecule has 3 N–H and O–H groups in total. The molecule has 1 aliphatic carbocycles. The van der Waals surface area contributed by atoms with Gasteiger partial charge in [0.15, 0.2) is 28.6 Å². The second-order valence-electron chi connectivity index (χ2n) is 11.8. The second-order valence-corrected chi connectivity index (χ2v) is 11.8. The molecule has 2 amide bonds. The molecular formula is C37H38N2O11. The summed E-state index contributed by atoms with van der Waals surface area (Å²) in [6.07, 6.45) is 0.0541. The van der Waals surface area contributed by atoms with Crippen LogP contribution in [-0.4, -0.2) is 99.6 Å². The number of carbonyl (C=O) groups is 3. The maximum absolute atomic E-state index is 14.6. The molecule has 1 aliphatic heterocycles. The van der Waals surface area contributed by atoms with Crippen molar-refractivity contribution in [2.75, 3.05) is 48.1 Å². The van der Waals surface area contributed by atoms with E-state index in [1.54, 1.807) is 68.8 Å². The number of rotatable bonds is 13. The first kappa shape index (κ1) is 34.3. The first-order valence-electron chi connectivity index (χ1n) is 16.0. The van der Waals surface area contributed by atoms with E-state index in [0.29, 0.717) is 45.6 Å². The minimum atomic E-state index is -1.36. The van der Waals surface area contributed by atoms with Crippen molar-refractivity contribution in [3.63, 3.8) is 0 Å².